The summed E-state index contributed by atoms with van der Waals surface area (Å²) in [6.45, 7) is 9.99. The lowest BCUT2D eigenvalue weighted by Crippen LogP contribution is -2.40. The van der Waals surface area contributed by atoms with E-state index in [1.54, 1.807) is 12.1 Å². The topological polar surface area (TPSA) is 103 Å². The van der Waals surface area contributed by atoms with Crippen LogP contribution in [0.2, 0.25) is 18.1 Å². The molecule has 32 heavy (non-hydrogen) atoms. The van der Waals surface area contributed by atoms with Gasteiger partial charge in [-0.2, -0.15) is 0 Å². The molecule has 3 aromatic rings. The Kier molecular flexibility index (Phi) is 6.57. The van der Waals surface area contributed by atoms with Crippen LogP contribution in [-0.2, 0) is 11.0 Å². The van der Waals surface area contributed by atoms with Crippen molar-refractivity contribution in [3.05, 3.63) is 86.0 Å². The normalized spacial score (nSPS) is 13.3. The van der Waals surface area contributed by atoms with E-state index in [-0.39, 0.29) is 23.2 Å². The number of hydrogen-bond acceptors (Lipinski definition) is 6. The van der Waals surface area contributed by atoms with Gasteiger partial charge in [-0.1, -0.05) is 63.2 Å². The Morgan fingerprint density at radius 2 is 1.81 bits per heavy atom. The monoisotopic (exact) mass is 455 g/mol. The van der Waals surface area contributed by atoms with Gasteiger partial charge in [0.15, 0.2) is 14.1 Å². The summed E-state index contributed by atoms with van der Waals surface area (Å²) in [5.74, 6) is -1.42. The molecule has 1 heterocycles. The first-order chi connectivity index (χ1) is 14.9. The third-order valence-corrected chi connectivity index (χ3v) is 10.7. The Balaban J connectivity index is 2.09. The first kappa shape index (κ1) is 23.7. The first-order valence-electron chi connectivity index (χ1n) is 10.5. The van der Waals surface area contributed by atoms with Crippen molar-refractivity contribution in [3.8, 4) is 5.75 Å². The van der Waals surface area contributed by atoms with E-state index >= 15 is 0 Å². The number of aromatic hydroxyl groups is 1. The maximum absolute atomic E-state index is 12.5. The van der Waals surface area contributed by atoms with Crippen LogP contribution in [0.3, 0.4) is 0 Å². The Morgan fingerprint density at radius 1 is 1.16 bits per heavy atom. The zero-order chi connectivity index (χ0) is 23.7. The van der Waals surface area contributed by atoms with Crippen LogP contribution in [-0.4, -0.2) is 24.9 Å². The molecule has 0 aliphatic rings. The molecule has 0 spiro atoms. The fourth-order valence-corrected chi connectivity index (χ4v) is 4.29. The van der Waals surface area contributed by atoms with Gasteiger partial charge >= 0.3 is 0 Å². The summed E-state index contributed by atoms with van der Waals surface area (Å²) in [5, 5.41) is 23.7. The van der Waals surface area contributed by atoms with Gasteiger partial charge in [-0.05, 0) is 34.5 Å². The minimum absolute atomic E-state index is 0.0375. The highest BCUT2D eigenvalue weighted by Crippen LogP contribution is 2.38. The standard InChI is InChI=1S/C24H29NO6Si/c1-24(2,3)32(4,5)30-15-17-13-21(26)22(27)23(31-17)20(14-25(28)29)19-12-8-10-16-9-6-7-11-18(16)19/h6-13,20,27H,14-15H2,1-5H3/t20-/m0/s1. The minimum Gasteiger partial charge on any atom is -0.502 e. The predicted molar refractivity (Wildman–Crippen MR) is 126 cm³/mol. The highest BCUT2D eigenvalue weighted by molar-refractivity contribution is 6.74. The summed E-state index contributed by atoms with van der Waals surface area (Å²) in [7, 11) is -2.12. The van der Waals surface area contributed by atoms with E-state index < -0.39 is 36.9 Å². The third-order valence-electron chi connectivity index (χ3n) is 6.23. The van der Waals surface area contributed by atoms with Gasteiger partial charge in [-0.3, -0.25) is 14.9 Å². The van der Waals surface area contributed by atoms with Gasteiger partial charge in [0, 0.05) is 11.0 Å². The van der Waals surface area contributed by atoms with Crippen LogP contribution in [0.1, 0.15) is 43.8 Å². The van der Waals surface area contributed by atoms with Gasteiger partial charge in [0.25, 0.3) is 0 Å². The minimum atomic E-state index is -2.12. The van der Waals surface area contributed by atoms with Crippen LogP contribution in [0.4, 0.5) is 0 Å². The molecule has 0 aliphatic heterocycles. The molecule has 0 aliphatic carbocycles. The van der Waals surface area contributed by atoms with E-state index in [1.807, 2.05) is 30.3 Å². The van der Waals surface area contributed by atoms with E-state index in [4.69, 9.17) is 8.84 Å². The molecular formula is C24H29NO6Si. The molecule has 1 aromatic heterocycles. The third kappa shape index (κ3) is 4.92. The van der Waals surface area contributed by atoms with Crippen molar-refractivity contribution in [2.45, 2.75) is 51.4 Å². The second-order valence-corrected chi connectivity index (χ2v) is 14.3. The van der Waals surface area contributed by atoms with Crippen molar-refractivity contribution >= 4 is 19.1 Å². The molecule has 1 N–H and O–H groups in total. The smallest absolute Gasteiger partial charge is 0.227 e. The van der Waals surface area contributed by atoms with Crippen LogP contribution in [0.5, 0.6) is 5.75 Å². The van der Waals surface area contributed by atoms with Gasteiger partial charge in [-0.25, -0.2) is 0 Å². The lowest BCUT2D eigenvalue weighted by molar-refractivity contribution is -0.482. The molecule has 0 saturated carbocycles. The second kappa shape index (κ2) is 8.88. The van der Waals surface area contributed by atoms with Crippen molar-refractivity contribution in [2.24, 2.45) is 0 Å². The van der Waals surface area contributed by atoms with E-state index in [0.29, 0.717) is 5.56 Å². The maximum Gasteiger partial charge on any atom is 0.227 e. The largest absolute Gasteiger partial charge is 0.502 e. The quantitative estimate of drug-likeness (QED) is 0.289. The van der Waals surface area contributed by atoms with Gasteiger partial charge in [-0.15, -0.1) is 0 Å². The van der Waals surface area contributed by atoms with Crippen LogP contribution < -0.4 is 5.43 Å². The molecule has 8 heteroatoms. The van der Waals surface area contributed by atoms with Crippen molar-refractivity contribution in [3.63, 3.8) is 0 Å². The molecule has 1 atom stereocenters. The molecule has 0 unspecified atom stereocenters. The molecule has 0 radical (unpaired) electrons. The lowest BCUT2D eigenvalue weighted by Gasteiger charge is -2.35. The first-order valence-corrected chi connectivity index (χ1v) is 13.4. The van der Waals surface area contributed by atoms with Crippen LogP contribution in [0, 0.1) is 10.1 Å². The Labute approximate surface area is 187 Å². The predicted octanol–water partition coefficient (Wildman–Crippen LogP) is 5.43. The van der Waals surface area contributed by atoms with Crippen LogP contribution >= 0.6 is 0 Å². The second-order valence-electron chi connectivity index (χ2n) is 9.48. The SMILES string of the molecule is CC(C)(C)[Si](C)(C)OCc1cc(=O)c(O)c([C@@H](C[N+](=O)[O-])c2cccc3ccccc23)o1. The molecule has 3 rings (SSSR count). The summed E-state index contributed by atoms with van der Waals surface area (Å²) in [6, 6.07) is 14.1. The maximum atomic E-state index is 12.5. The highest BCUT2D eigenvalue weighted by atomic mass is 28.4. The van der Waals surface area contributed by atoms with Gasteiger partial charge in [0.1, 0.15) is 11.7 Å². The molecular weight excluding hydrogens is 426 g/mol. The summed E-state index contributed by atoms with van der Waals surface area (Å²) >= 11 is 0. The summed E-state index contributed by atoms with van der Waals surface area (Å²) in [6.07, 6.45) is 0. The van der Waals surface area contributed by atoms with Crippen molar-refractivity contribution in [1.29, 1.82) is 0 Å². The van der Waals surface area contributed by atoms with Crippen molar-refractivity contribution in [2.75, 3.05) is 6.54 Å². The van der Waals surface area contributed by atoms with Gasteiger partial charge in [0.2, 0.25) is 17.7 Å². The zero-order valence-corrected chi connectivity index (χ0v) is 20.0. The van der Waals surface area contributed by atoms with Gasteiger partial charge < -0.3 is 13.9 Å². The number of rotatable bonds is 7. The number of hydrogen-bond donors (Lipinski definition) is 1. The zero-order valence-electron chi connectivity index (χ0n) is 19.0. The highest BCUT2D eigenvalue weighted by Gasteiger charge is 2.37. The molecule has 170 valence electrons. The van der Waals surface area contributed by atoms with Gasteiger partial charge in [0.05, 0.1) is 6.61 Å². The lowest BCUT2D eigenvalue weighted by atomic mass is 9.91. The van der Waals surface area contributed by atoms with Crippen LogP contribution in [0.25, 0.3) is 10.8 Å². The van der Waals surface area contributed by atoms with E-state index in [0.717, 1.165) is 10.8 Å². The number of benzene rings is 2. The molecule has 0 amide bonds. The average molecular weight is 456 g/mol. The van der Waals surface area contributed by atoms with Crippen LogP contribution in [0.15, 0.2) is 57.7 Å². The fraction of sp³-hybridized carbons (Fsp3) is 0.375. The molecule has 2 aromatic carbocycles. The van der Waals surface area contributed by atoms with E-state index in [2.05, 4.69) is 33.9 Å². The number of nitro groups is 1. The summed E-state index contributed by atoms with van der Waals surface area (Å²) in [4.78, 5) is 23.6. The number of fused-ring (bicyclic) bond motifs is 1. The van der Waals surface area contributed by atoms with E-state index in [9.17, 15) is 20.0 Å². The van der Waals surface area contributed by atoms with E-state index in [1.165, 1.54) is 6.07 Å². The molecule has 7 nitrogen and oxygen atoms in total. The molecule has 0 bridgehead atoms. The summed E-state index contributed by atoms with van der Waals surface area (Å²) < 4.78 is 12.1. The molecule has 0 saturated heterocycles. The fourth-order valence-electron chi connectivity index (χ4n) is 3.36. The number of nitrogens with zero attached hydrogens (tertiary/aromatic N) is 1. The molecule has 0 fully saturated rings. The van der Waals surface area contributed by atoms with Crippen molar-refractivity contribution in [1.82, 2.24) is 0 Å². The summed E-state index contributed by atoms with van der Waals surface area (Å²) in [5.41, 5.74) is -0.0330. The Bertz CT molecular complexity index is 1190. The average Bonchev–Trinajstić information content (AvgIpc) is 2.71. The van der Waals surface area contributed by atoms with Crippen molar-refractivity contribution < 1.29 is 18.9 Å². The Morgan fingerprint density at radius 3 is 2.47 bits per heavy atom. The Hall–Kier alpha value is -2.97.